The molecule has 0 radical (unpaired) electrons. The van der Waals surface area contributed by atoms with Gasteiger partial charge in [-0.25, -0.2) is 12.8 Å². The minimum atomic E-state index is -3.75. The lowest BCUT2D eigenvalue weighted by molar-refractivity contribution is 0.375. The Morgan fingerprint density at radius 3 is 2.65 bits per heavy atom. The Kier molecular flexibility index (Phi) is 4.62. The van der Waals surface area contributed by atoms with Crippen molar-refractivity contribution in [2.24, 2.45) is 0 Å². The second kappa shape index (κ2) is 6.07. The number of sulfonamides is 1. The second-order valence-corrected chi connectivity index (χ2v) is 6.88. The second-order valence-electron chi connectivity index (χ2n) is 4.09. The summed E-state index contributed by atoms with van der Waals surface area (Å²) in [6.07, 6.45) is 1.48. The number of furan rings is 1. The zero-order valence-corrected chi connectivity index (χ0v) is 13.1. The van der Waals surface area contributed by atoms with E-state index in [9.17, 15) is 12.8 Å². The summed E-state index contributed by atoms with van der Waals surface area (Å²) in [5.41, 5.74) is 0. The first-order chi connectivity index (χ1) is 9.45. The van der Waals surface area contributed by atoms with Crippen molar-refractivity contribution in [3.63, 3.8) is 0 Å². The van der Waals surface area contributed by atoms with Gasteiger partial charge in [0.05, 0.1) is 22.2 Å². The van der Waals surface area contributed by atoms with Crippen LogP contribution in [0.5, 0.6) is 0 Å². The van der Waals surface area contributed by atoms with E-state index in [-0.39, 0.29) is 22.5 Å². The van der Waals surface area contributed by atoms with E-state index in [4.69, 9.17) is 4.42 Å². The number of halogens is 2. The number of benzene rings is 1. The highest BCUT2D eigenvalue weighted by molar-refractivity contribution is 9.10. The van der Waals surface area contributed by atoms with Gasteiger partial charge in [-0.05, 0) is 46.3 Å². The predicted molar refractivity (Wildman–Crippen MR) is 76.1 cm³/mol. The van der Waals surface area contributed by atoms with Crippen molar-refractivity contribution in [1.82, 2.24) is 4.31 Å². The number of rotatable bonds is 5. The topological polar surface area (TPSA) is 50.5 Å². The van der Waals surface area contributed by atoms with E-state index in [1.54, 1.807) is 19.1 Å². The lowest BCUT2D eigenvalue weighted by Gasteiger charge is -2.19. The maximum Gasteiger partial charge on any atom is 0.243 e. The number of hydrogen-bond acceptors (Lipinski definition) is 3. The van der Waals surface area contributed by atoms with Crippen molar-refractivity contribution >= 4 is 26.0 Å². The Balaban J connectivity index is 2.33. The molecule has 0 fully saturated rings. The summed E-state index contributed by atoms with van der Waals surface area (Å²) in [6, 6.07) is 7.13. The average Bonchev–Trinajstić information content (AvgIpc) is 2.91. The van der Waals surface area contributed by atoms with Crippen molar-refractivity contribution in [3.05, 3.63) is 52.6 Å². The average molecular weight is 362 g/mol. The Morgan fingerprint density at radius 1 is 1.35 bits per heavy atom. The minimum absolute atomic E-state index is 0.0772. The van der Waals surface area contributed by atoms with Crippen LogP contribution in [-0.2, 0) is 16.6 Å². The van der Waals surface area contributed by atoms with Crippen molar-refractivity contribution < 1.29 is 17.2 Å². The van der Waals surface area contributed by atoms with Crippen molar-refractivity contribution in [2.75, 3.05) is 6.54 Å². The molecule has 0 unspecified atom stereocenters. The van der Waals surface area contributed by atoms with Gasteiger partial charge in [-0.3, -0.25) is 0 Å². The standard InChI is InChI=1S/C13H13BrFNO3S/c1-2-16(9-10-4-3-7-19-10)20(17,18)11-5-6-12(14)13(15)8-11/h3-8H,2,9H2,1H3. The van der Waals surface area contributed by atoms with E-state index in [0.29, 0.717) is 5.76 Å². The van der Waals surface area contributed by atoms with E-state index in [1.165, 1.54) is 22.7 Å². The Labute approximate surface area is 125 Å². The molecule has 0 saturated heterocycles. The highest BCUT2D eigenvalue weighted by atomic mass is 79.9. The molecule has 0 bridgehead atoms. The van der Waals surface area contributed by atoms with Gasteiger partial charge >= 0.3 is 0 Å². The van der Waals surface area contributed by atoms with E-state index in [2.05, 4.69) is 15.9 Å². The molecule has 0 aliphatic rings. The van der Waals surface area contributed by atoms with Crippen LogP contribution in [-0.4, -0.2) is 19.3 Å². The molecule has 1 aromatic heterocycles. The fourth-order valence-corrected chi connectivity index (χ4v) is 3.40. The van der Waals surface area contributed by atoms with Crippen molar-refractivity contribution in [3.8, 4) is 0 Å². The van der Waals surface area contributed by atoms with Crippen LogP contribution in [0, 0.1) is 5.82 Å². The Bertz CT molecular complexity index is 686. The van der Waals surface area contributed by atoms with Crippen LogP contribution < -0.4 is 0 Å². The molecule has 20 heavy (non-hydrogen) atoms. The molecule has 7 heteroatoms. The van der Waals surface area contributed by atoms with Gasteiger partial charge in [0, 0.05) is 6.54 Å². The van der Waals surface area contributed by atoms with Gasteiger partial charge in [-0.1, -0.05) is 6.92 Å². The molecule has 0 spiro atoms. The van der Waals surface area contributed by atoms with Gasteiger partial charge in [-0.2, -0.15) is 4.31 Å². The van der Waals surface area contributed by atoms with Crippen LogP contribution in [0.25, 0.3) is 0 Å². The van der Waals surface area contributed by atoms with E-state index >= 15 is 0 Å². The number of hydrogen-bond donors (Lipinski definition) is 0. The van der Waals surface area contributed by atoms with Crippen LogP contribution in [0.1, 0.15) is 12.7 Å². The van der Waals surface area contributed by atoms with Crippen LogP contribution >= 0.6 is 15.9 Å². The fraction of sp³-hybridized carbons (Fsp3) is 0.231. The number of nitrogens with zero attached hydrogens (tertiary/aromatic N) is 1. The molecule has 0 aliphatic heterocycles. The van der Waals surface area contributed by atoms with Gasteiger partial charge in [0.2, 0.25) is 10.0 Å². The highest BCUT2D eigenvalue weighted by Gasteiger charge is 2.24. The van der Waals surface area contributed by atoms with Crippen LogP contribution in [0.3, 0.4) is 0 Å². The molecule has 1 heterocycles. The molecule has 0 saturated carbocycles. The smallest absolute Gasteiger partial charge is 0.243 e. The molecular weight excluding hydrogens is 349 g/mol. The van der Waals surface area contributed by atoms with E-state index in [1.807, 2.05) is 0 Å². The Hall–Kier alpha value is -1.18. The fourth-order valence-electron chi connectivity index (χ4n) is 1.73. The maximum absolute atomic E-state index is 13.5. The van der Waals surface area contributed by atoms with Gasteiger partial charge in [-0.15, -0.1) is 0 Å². The summed E-state index contributed by atoms with van der Waals surface area (Å²) in [6.45, 7) is 2.10. The molecule has 0 N–H and O–H groups in total. The first-order valence-corrected chi connectivity index (χ1v) is 8.16. The van der Waals surface area contributed by atoms with Crippen LogP contribution in [0.15, 0.2) is 50.4 Å². The first kappa shape index (κ1) is 15.2. The molecule has 2 aromatic rings. The summed E-state index contributed by atoms with van der Waals surface area (Å²) in [5.74, 6) is -0.0758. The van der Waals surface area contributed by atoms with E-state index in [0.717, 1.165) is 6.07 Å². The van der Waals surface area contributed by atoms with Crippen LogP contribution in [0.2, 0.25) is 0 Å². The van der Waals surface area contributed by atoms with Gasteiger partial charge in [0.15, 0.2) is 0 Å². The van der Waals surface area contributed by atoms with Crippen molar-refractivity contribution in [2.45, 2.75) is 18.4 Å². The monoisotopic (exact) mass is 361 g/mol. The predicted octanol–water partition coefficient (Wildman–Crippen LogP) is 3.39. The SMILES string of the molecule is CCN(Cc1ccco1)S(=O)(=O)c1ccc(Br)c(F)c1. The zero-order chi connectivity index (χ0) is 14.8. The lowest BCUT2D eigenvalue weighted by Crippen LogP contribution is -2.30. The summed E-state index contributed by atoms with van der Waals surface area (Å²) in [5, 5.41) is 0. The summed E-state index contributed by atoms with van der Waals surface area (Å²) in [4.78, 5) is -0.0772. The van der Waals surface area contributed by atoms with Gasteiger partial charge < -0.3 is 4.42 Å². The quantitative estimate of drug-likeness (QED) is 0.819. The summed E-state index contributed by atoms with van der Waals surface area (Å²) < 4.78 is 45.0. The largest absolute Gasteiger partial charge is 0.468 e. The van der Waals surface area contributed by atoms with Crippen LogP contribution in [0.4, 0.5) is 4.39 Å². The molecule has 1 aromatic carbocycles. The Morgan fingerprint density at radius 2 is 2.10 bits per heavy atom. The highest BCUT2D eigenvalue weighted by Crippen LogP contribution is 2.23. The van der Waals surface area contributed by atoms with E-state index < -0.39 is 15.8 Å². The maximum atomic E-state index is 13.5. The molecule has 0 atom stereocenters. The normalized spacial score (nSPS) is 12.0. The molecule has 2 rings (SSSR count). The third-order valence-corrected chi connectivity index (χ3v) is 5.35. The molecule has 108 valence electrons. The minimum Gasteiger partial charge on any atom is -0.468 e. The summed E-state index contributed by atoms with van der Waals surface area (Å²) >= 11 is 3.00. The van der Waals surface area contributed by atoms with Gasteiger partial charge in [0.1, 0.15) is 11.6 Å². The molecular formula is C13H13BrFNO3S. The molecule has 0 aliphatic carbocycles. The lowest BCUT2D eigenvalue weighted by atomic mass is 10.3. The first-order valence-electron chi connectivity index (χ1n) is 5.92. The van der Waals surface area contributed by atoms with Gasteiger partial charge in [0.25, 0.3) is 0 Å². The summed E-state index contributed by atoms with van der Waals surface area (Å²) in [7, 11) is -3.75. The van der Waals surface area contributed by atoms with Crippen molar-refractivity contribution in [1.29, 1.82) is 0 Å². The zero-order valence-electron chi connectivity index (χ0n) is 10.7. The third-order valence-electron chi connectivity index (χ3n) is 2.79. The molecule has 0 amide bonds. The third kappa shape index (κ3) is 3.11. The molecule has 4 nitrogen and oxygen atoms in total.